The molecule has 0 radical (unpaired) electrons. The summed E-state index contributed by atoms with van der Waals surface area (Å²) >= 11 is 1.76. The number of benzene rings is 2. The standard InChI is InChI=1S/C20H15NS/c1-3-8-15(9-4-1)17-14-18(19-12-7-13-22-19)21-20(17)16-10-5-2-6-11-16/h1-14,21H. The van der Waals surface area contributed by atoms with Crippen molar-refractivity contribution in [1.82, 2.24) is 4.98 Å². The lowest BCUT2D eigenvalue weighted by Crippen LogP contribution is -1.81. The summed E-state index contributed by atoms with van der Waals surface area (Å²) in [6.07, 6.45) is 0. The lowest BCUT2D eigenvalue weighted by molar-refractivity contribution is 1.41. The van der Waals surface area contributed by atoms with Gasteiger partial charge in [-0.15, -0.1) is 11.3 Å². The summed E-state index contributed by atoms with van der Waals surface area (Å²) in [6.45, 7) is 0. The van der Waals surface area contributed by atoms with Gasteiger partial charge in [0.15, 0.2) is 0 Å². The molecule has 0 aliphatic rings. The number of rotatable bonds is 3. The van der Waals surface area contributed by atoms with Crippen LogP contribution >= 0.6 is 11.3 Å². The van der Waals surface area contributed by atoms with Crippen LogP contribution in [0, 0.1) is 0 Å². The Morgan fingerprint density at radius 1 is 0.682 bits per heavy atom. The molecule has 0 saturated heterocycles. The van der Waals surface area contributed by atoms with Crippen LogP contribution in [0.25, 0.3) is 33.0 Å². The first kappa shape index (κ1) is 13.1. The van der Waals surface area contributed by atoms with Crippen molar-refractivity contribution in [2.45, 2.75) is 0 Å². The highest BCUT2D eigenvalue weighted by molar-refractivity contribution is 7.13. The first-order valence-electron chi connectivity index (χ1n) is 7.29. The van der Waals surface area contributed by atoms with Gasteiger partial charge in [0.2, 0.25) is 0 Å². The van der Waals surface area contributed by atoms with Gasteiger partial charge in [-0.2, -0.15) is 0 Å². The lowest BCUT2D eigenvalue weighted by Gasteiger charge is -2.04. The highest BCUT2D eigenvalue weighted by Crippen LogP contribution is 2.36. The summed E-state index contributed by atoms with van der Waals surface area (Å²) in [5.74, 6) is 0. The maximum absolute atomic E-state index is 3.61. The molecule has 0 fully saturated rings. The molecule has 0 spiro atoms. The normalized spacial score (nSPS) is 10.7. The molecule has 1 N–H and O–H groups in total. The number of H-pyrrole nitrogens is 1. The van der Waals surface area contributed by atoms with Crippen molar-refractivity contribution in [3.05, 3.63) is 84.2 Å². The molecule has 2 heteroatoms. The Labute approximate surface area is 133 Å². The van der Waals surface area contributed by atoms with Gasteiger partial charge in [-0.25, -0.2) is 0 Å². The molecule has 22 heavy (non-hydrogen) atoms. The van der Waals surface area contributed by atoms with E-state index in [4.69, 9.17) is 0 Å². The van der Waals surface area contributed by atoms with Crippen LogP contribution in [0.1, 0.15) is 0 Å². The van der Waals surface area contributed by atoms with Gasteiger partial charge in [0.05, 0.1) is 16.3 Å². The zero-order valence-corrected chi connectivity index (χ0v) is 12.8. The van der Waals surface area contributed by atoms with Crippen LogP contribution in [0.3, 0.4) is 0 Å². The van der Waals surface area contributed by atoms with Crippen LogP contribution in [-0.4, -0.2) is 4.98 Å². The van der Waals surface area contributed by atoms with Crippen LogP contribution in [0.2, 0.25) is 0 Å². The van der Waals surface area contributed by atoms with Crippen molar-refractivity contribution in [2.75, 3.05) is 0 Å². The molecule has 2 heterocycles. The Hall–Kier alpha value is -2.58. The van der Waals surface area contributed by atoms with E-state index < -0.39 is 0 Å². The van der Waals surface area contributed by atoms with Crippen molar-refractivity contribution in [1.29, 1.82) is 0 Å². The first-order chi connectivity index (χ1) is 10.9. The van der Waals surface area contributed by atoms with Gasteiger partial charge in [0.25, 0.3) is 0 Å². The molecule has 0 saturated carbocycles. The second-order valence-corrected chi connectivity index (χ2v) is 6.13. The molecule has 2 aromatic carbocycles. The first-order valence-corrected chi connectivity index (χ1v) is 8.17. The van der Waals surface area contributed by atoms with E-state index in [0.29, 0.717) is 0 Å². The molecule has 4 rings (SSSR count). The average molecular weight is 301 g/mol. The summed E-state index contributed by atoms with van der Waals surface area (Å²) in [4.78, 5) is 4.87. The van der Waals surface area contributed by atoms with Crippen LogP contribution in [0.4, 0.5) is 0 Å². The number of nitrogens with one attached hydrogen (secondary N) is 1. The molecule has 4 aromatic rings. The molecular weight excluding hydrogens is 286 g/mol. The second kappa shape index (κ2) is 5.66. The summed E-state index contributed by atoms with van der Waals surface area (Å²) in [7, 11) is 0. The van der Waals surface area contributed by atoms with Crippen molar-refractivity contribution < 1.29 is 0 Å². The topological polar surface area (TPSA) is 15.8 Å². The van der Waals surface area contributed by atoms with Gasteiger partial charge >= 0.3 is 0 Å². The number of aromatic nitrogens is 1. The summed E-state index contributed by atoms with van der Waals surface area (Å²) < 4.78 is 0. The van der Waals surface area contributed by atoms with Gasteiger partial charge in [-0.05, 0) is 28.6 Å². The molecule has 0 unspecified atom stereocenters. The lowest BCUT2D eigenvalue weighted by atomic mass is 10.0. The number of aromatic amines is 1. The van der Waals surface area contributed by atoms with E-state index in [9.17, 15) is 0 Å². The van der Waals surface area contributed by atoms with Crippen molar-refractivity contribution in [2.24, 2.45) is 0 Å². The van der Waals surface area contributed by atoms with E-state index in [0.717, 1.165) is 0 Å². The third kappa shape index (κ3) is 2.38. The minimum absolute atomic E-state index is 1.17. The van der Waals surface area contributed by atoms with Crippen molar-refractivity contribution in [3.8, 4) is 33.0 Å². The predicted molar refractivity (Wildman–Crippen MR) is 95.0 cm³/mol. The fraction of sp³-hybridized carbons (Fsp3) is 0. The number of hydrogen-bond acceptors (Lipinski definition) is 1. The molecule has 0 amide bonds. The van der Waals surface area contributed by atoms with E-state index >= 15 is 0 Å². The van der Waals surface area contributed by atoms with Gasteiger partial charge < -0.3 is 4.98 Å². The molecule has 106 valence electrons. The highest BCUT2D eigenvalue weighted by Gasteiger charge is 2.13. The second-order valence-electron chi connectivity index (χ2n) is 5.18. The van der Waals surface area contributed by atoms with Gasteiger partial charge in [0, 0.05) is 5.56 Å². The van der Waals surface area contributed by atoms with Crippen LogP contribution in [0.5, 0.6) is 0 Å². The molecule has 0 bridgehead atoms. The van der Waals surface area contributed by atoms with E-state index in [1.807, 2.05) is 0 Å². The number of thiophene rings is 1. The molecule has 0 aliphatic heterocycles. The fourth-order valence-electron chi connectivity index (χ4n) is 2.70. The maximum atomic E-state index is 3.61. The van der Waals surface area contributed by atoms with Crippen LogP contribution < -0.4 is 0 Å². The predicted octanol–water partition coefficient (Wildman–Crippen LogP) is 6.08. The van der Waals surface area contributed by atoms with Gasteiger partial charge in [0.1, 0.15) is 0 Å². The quantitative estimate of drug-likeness (QED) is 0.472. The zero-order valence-electron chi connectivity index (χ0n) is 12.0. The van der Waals surface area contributed by atoms with Crippen LogP contribution in [0.15, 0.2) is 84.2 Å². The summed E-state index contributed by atoms with van der Waals surface area (Å²) in [5.41, 5.74) is 6.04. The molecular formula is C20H15NS. The maximum Gasteiger partial charge on any atom is 0.0566 e. The van der Waals surface area contributed by atoms with Crippen LogP contribution in [-0.2, 0) is 0 Å². The van der Waals surface area contributed by atoms with E-state index in [2.05, 4.69) is 89.2 Å². The largest absolute Gasteiger partial charge is 0.353 e. The highest BCUT2D eigenvalue weighted by atomic mass is 32.1. The van der Waals surface area contributed by atoms with Gasteiger partial charge in [-0.1, -0.05) is 66.7 Å². The SMILES string of the molecule is c1ccc(-c2cc(-c3cccs3)[nH]c2-c2ccccc2)cc1. The molecule has 1 nitrogen and oxygen atoms in total. The fourth-order valence-corrected chi connectivity index (χ4v) is 3.39. The average Bonchev–Trinajstić information content (AvgIpc) is 3.26. The van der Waals surface area contributed by atoms with E-state index in [1.54, 1.807) is 11.3 Å². The Bertz CT molecular complexity index is 802. The summed E-state index contributed by atoms with van der Waals surface area (Å²) in [5, 5.41) is 2.11. The summed E-state index contributed by atoms with van der Waals surface area (Å²) in [6, 6.07) is 27.5. The monoisotopic (exact) mass is 301 g/mol. The molecule has 0 atom stereocenters. The van der Waals surface area contributed by atoms with Crippen molar-refractivity contribution in [3.63, 3.8) is 0 Å². The Kier molecular flexibility index (Phi) is 3.37. The number of hydrogen-bond donors (Lipinski definition) is 1. The Balaban J connectivity index is 1.92. The van der Waals surface area contributed by atoms with Gasteiger partial charge in [-0.3, -0.25) is 0 Å². The third-order valence-electron chi connectivity index (χ3n) is 3.75. The van der Waals surface area contributed by atoms with E-state index in [1.165, 1.54) is 33.0 Å². The molecule has 0 aliphatic carbocycles. The third-order valence-corrected chi connectivity index (χ3v) is 4.65. The minimum atomic E-state index is 1.17. The smallest absolute Gasteiger partial charge is 0.0566 e. The Morgan fingerprint density at radius 3 is 2.00 bits per heavy atom. The Morgan fingerprint density at radius 2 is 1.36 bits per heavy atom. The van der Waals surface area contributed by atoms with E-state index in [-0.39, 0.29) is 0 Å². The minimum Gasteiger partial charge on any atom is -0.353 e. The van der Waals surface area contributed by atoms with Crippen molar-refractivity contribution >= 4 is 11.3 Å². The molecule has 2 aromatic heterocycles. The zero-order chi connectivity index (χ0) is 14.8.